The van der Waals surface area contributed by atoms with Crippen LogP contribution in [0.5, 0.6) is 0 Å². The lowest BCUT2D eigenvalue weighted by Gasteiger charge is -2.10. The second-order valence-electron chi connectivity index (χ2n) is 4.17. The van der Waals surface area contributed by atoms with Crippen LogP contribution in [0.15, 0.2) is 36.4 Å². The van der Waals surface area contributed by atoms with Gasteiger partial charge in [0.2, 0.25) is 0 Å². The summed E-state index contributed by atoms with van der Waals surface area (Å²) in [6, 6.07) is 11.6. The second kappa shape index (κ2) is 4.95. The van der Waals surface area contributed by atoms with Crippen LogP contribution in [0.2, 0.25) is 0 Å². The Hall–Kier alpha value is -1.90. The first-order valence-electron chi connectivity index (χ1n) is 5.87. The molecule has 1 atom stereocenters. The largest absolute Gasteiger partial charge is 0.348 e. The van der Waals surface area contributed by atoms with Gasteiger partial charge in [0.25, 0.3) is 5.91 Å². The minimum absolute atomic E-state index is 0.106. The van der Waals surface area contributed by atoms with Crippen LogP contribution < -0.4 is 5.32 Å². The molecule has 0 aliphatic rings. The van der Waals surface area contributed by atoms with Gasteiger partial charge >= 0.3 is 0 Å². The van der Waals surface area contributed by atoms with Crippen LogP contribution >= 0.6 is 0 Å². The number of carbonyl (C=O) groups is 1. The third-order valence-corrected chi connectivity index (χ3v) is 2.82. The lowest BCUT2D eigenvalue weighted by atomic mass is 10.2. The molecule has 2 aromatic rings. The van der Waals surface area contributed by atoms with E-state index >= 15 is 0 Å². The van der Waals surface area contributed by atoms with Gasteiger partial charge in [-0.15, -0.1) is 0 Å². The predicted molar refractivity (Wildman–Crippen MR) is 69.0 cm³/mol. The summed E-state index contributed by atoms with van der Waals surface area (Å²) in [6.45, 7) is 4.03. The van der Waals surface area contributed by atoms with Gasteiger partial charge in [-0.05, 0) is 25.5 Å². The summed E-state index contributed by atoms with van der Waals surface area (Å²) in [5.74, 6) is -0.106. The van der Waals surface area contributed by atoms with Gasteiger partial charge in [-0.1, -0.05) is 31.2 Å². The van der Waals surface area contributed by atoms with Crippen molar-refractivity contribution in [2.24, 2.45) is 0 Å². The molecule has 0 spiro atoms. The molecule has 0 bridgehead atoms. The SMILES string of the molecule is CC[C@@H](C)NC(=O)c1ccc2ccccc2n1. The zero-order chi connectivity index (χ0) is 12.3. The fourth-order valence-electron chi connectivity index (χ4n) is 1.59. The summed E-state index contributed by atoms with van der Waals surface area (Å²) >= 11 is 0. The molecule has 2 rings (SSSR count). The van der Waals surface area contributed by atoms with Gasteiger partial charge in [0.15, 0.2) is 0 Å². The molecule has 3 nitrogen and oxygen atoms in total. The molecule has 1 amide bonds. The Kier molecular flexibility index (Phi) is 3.38. The molecule has 0 aliphatic heterocycles. The van der Waals surface area contributed by atoms with Gasteiger partial charge in [-0.25, -0.2) is 4.98 Å². The average molecular weight is 228 g/mol. The average Bonchev–Trinajstić information content (AvgIpc) is 2.38. The minimum atomic E-state index is -0.106. The number of hydrogen-bond donors (Lipinski definition) is 1. The summed E-state index contributed by atoms with van der Waals surface area (Å²) < 4.78 is 0. The van der Waals surface area contributed by atoms with Crippen LogP contribution in [-0.4, -0.2) is 16.9 Å². The van der Waals surface area contributed by atoms with E-state index in [-0.39, 0.29) is 11.9 Å². The number of aromatic nitrogens is 1. The lowest BCUT2D eigenvalue weighted by Crippen LogP contribution is -2.32. The third kappa shape index (κ3) is 2.61. The first-order valence-corrected chi connectivity index (χ1v) is 5.87. The third-order valence-electron chi connectivity index (χ3n) is 2.82. The van der Waals surface area contributed by atoms with Crippen molar-refractivity contribution in [1.29, 1.82) is 0 Å². The zero-order valence-electron chi connectivity index (χ0n) is 10.1. The summed E-state index contributed by atoms with van der Waals surface area (Å²) in [7, 11) is 0. The zero-order valence-corrected chi connectivity index (χ0v) is 10.1. The molecule has 88 valence electrons. The molecule has 3 heteroatoms. The van der Waals surface area contributed by atoms with Crippen LogP contribution in [-0.2, 0) is 0 Å². The van der Waals surface area contributed by atoms with Crippen molar-refractivity contribution in [2.75, 3.05) is 0 Å². The maximum Gasteiger partial charge on any atom is 0.270 e. The number of para-hydroxylation sites is 1. The summed E-state index contributed by atoms with van der Waals surface area (Å²) in [5.41, 5.74) is 1.33. The molecule has 0 saturated heterocycles. The van der Waals surface area contributed by atoms with E-state index in [0.29, 0.717) is 5.69 Å². The van der Waals surface area contributed by atoms with Gasteiger partial charge in [0, 0.05) is 11.4 Å². The van der Waals surface area contributed by atoms with E-state index in [4.69, 9.17) is 0 Å². The standard InChI is InChI=1S/C14H16N2O/c1-3-10(2)15-14(17)13-9-8-11-6-4-5-7-12(11)16-13/h4-10H,3H2,1-2H3,(H,15,17)/t10-/m1/s1. The van der Waals surface area contributed by atoms with Crippen molar-refractivity contribution < 1.29 is 4.79 Å². The molecule has 0 aliphatic carbocycles. The number of amides is 1. The molecule has 17 heavy (non-hydrogen) atoms. The number of rotatable bonds is 3. The van der Waals surface area contributed by atoms with E-state index in [2.05, 4.69) is 10.3 Å². The monoisotopic (exact) mass is 228 g/mol. The predicted octanol–water partition coefficient (Wildman–Crippen LogP) is 2.76. The molecular formula is C14H16N2O. The number of benzene rings is 1. The van der Waals surface area contributed by atoms with Crippen molar-refractivity contribution in [3.05, 3.63) is 42.1 Å². The van der Waals surface area contributed by atoms with Crippen LogP contribution in [0, 0.1) is 0 Å². The Morgan fingerprint density at radius 2 is 2.06 bits per heavy atom. The van der Waals surface area contributed by atoms with Crippen molar-refractivity contribution >= 4 is 16.8 Å². The van der Waals surface area contributed by atoms with Crippen LogP contribution in [0.1, 0.15) is 30.8 Å². The maximum atomic E-state index is 11.9. The molecule has 1 N–H and O–H groups in total. The summed E-state index contributed by atoms with van der Waals surface area (Å²) in [5, 5.41) is 3.96. The van der Waals surface area contributed by atoms with Crippen molar-refractivity contribution in [1.82, 2.24) is 10.3 Å². The van der Waals surface area contributed by atoms with Crippen LogP contribution in [0.3, 0.4) is 0 Å². The summed E-state index contributed by atoms with van der Waals surface area (Å²) in [4.78, 5) is 16.2. The summed E-state index contributed by atoms with van der Waals surface area (Å²) in [6.07, 6.45) is 0.916. The molecule has 1 aromatic heterocycles. The lowest BCUT2D eigenvalue weighted by molar-refractivity contribution is 0.0934. The molecule has 1 heterocycles. The highest BCUT2D eigenvalue weighted by Crippen LogP contribution is 2.11. The molecule has 0 unspecified atom stereocenters. The van der Waals surface area contributed by atoms with Crippen molar-refractivity contribution in [3.63, 3.8) is 0 Å². The maximum absolute atomic E-state index is 11.9. The Bertz CT molecular complexity index is 536. The highest BCUT2D eigenvalue weighted by molar-refractivity contribution is 5.94. The molecule has 0 radical (unpaired) electrons. The Morgan fingerprint density at radius 3 is 2.82 bits per heavy atom. The van der Waals surface area contributed by atoms with E-state index in [1.807, 2.05) is 44.2 Å². The van der Waals surface area contributed by atoms with Crippen molar-refractivity contribution in [3.8, 4) is 0 Å². The molecule has 0 fully saturated rings. The highest BCUT2D eigenvalue weighted by atomic mass is 16.1. The molecule has 1 aromatic carbocycles. The van der Waals surface area contributed by atoms with Crippen LogP contribution in [0.25, 0.3) is 10.9 Å². The number of nitrogens with one attached hydrogen (secondary N) is 1. The van der Waals surface area contributed by atoms with Crippen LogP contribution in [0.4, 0.5) is 0 Å². The van der Waals surface area contributed by atoms with E-state index in [9.17, 15) is 4.79 Å². The Balaban J connectivity index is 2.27. The number of carbonyl (C=O) groups excluding carboxylic acids is 1. The molecular weight excluding hydrogens is 212 g/mol. The quantitative estimate of drug-likeness (QED) is 0.877. The van der Waals surface area contributed by atoms with Gasteiger partial charge < -0.3 is 5.32 Å². The van der Waals surface area contributed by atoms with E-state index in [1.165, 1.54) is 0 Å². The number of hydrogen-bond acceptors (Lipinski definition) is 2. The normalized spacial score (nSPS) is 12.4. The highest BCUT2D eigenvalue weighted by Gasteiger charge is 2.09. The fourth-order valence-corrected chi connectivity index (χ4v) is 1.59. The minimum Gasteiger partial charge on any atom is -0.348 e. The molecule has 0 saturated carbocycles. The first kappa shape index (κ1) is 11.6. The second-order valence-corrected chi connectivity index (χ2v) is 4.17. The van der Waals surface area contributed by atoms with E-state index in [1.54, 1.807) is 6.07 Å². The Labute approximate surface area is 101 Å². The first-order chi connectivity index (χ1) is 8.20. The Morgan fingerprint density at radius 1 is 1.29 bits per heavy atom. The van der Waals surface area contributed by atoms with E-state index < -0.39 is 0 Å². The topological polar surface area (TPSA) is 42.0 Å². The van der Waals surface area contributed by atoms with Gasteiger partial charge in [-0.3, -0.25) is 4.79 Å². The van der Waals surface area contributed by atoms with Gasteiger partial charge in [-0.2, -0.15) is 0 Å². The number of fused-ring (bicyclic) bond motifs is 1. The van der Waals surface area contributed by atoms with Gasteiger partial charge in [0.1, 0.15) is 5.69 Å². The number of pyridine rings is 1. The number of nitrogens with zero attached hydrogens (tertiary/aromatic N) is 1. The van der Waals surface area contributed by atoms with E-state index in [0.717, 1.165) is 17.3 Å². The van der Waals surface area contributed by atoms with Crippen molar-refractivity contribution in [2.45, 2.75) is 26.3 Å². The van der Waals surface area contributed by atoms with Gasteiger partial charge in [0.05, 0.1) is 5.52 Å². The fraction of sp³-hybridized carbons (Fsp3) is 0.286. The smallest absolute Gasteiger partial charge is 0.270 e.